The van der Waals surface area contributed by atoms with Gasteiger partial charge in [-0.15, -0.1) is 0 Å². The maximum absolute atomic E-state index is 12.7. The Balaban J connectivity index is 1.73. The number of allylic oxidation sites excluding steroid dienone is 2. The summed E-state index contributed by atoms with van der Waals surface area (Å²) in [6.45, 7) is 1.96. The zero-order valence-electron chi connectivity index (χ0n) is 12.0. The van der Waals surface area contributed by atoms with Gasteiger partial charge in [0.1, 0.15) is 5.54 Å². The van der Waals surface area contributed by atoms with Crippen molar-refractivity contribution < 1.29 is 19.2 Å². The van der Waals surface area contributed by atoms with Gasteiger partial charge in [-0.3, -0.25) is 29.4 Å². The molecule has 4 rings (SSSR count). The number of carbonyl (C=O) groups is 4. The molecule has 1 saturated carbocycles. The van der Waals surface area contributed by atoms with Gasteiger partial charge in [-0.1, -0.05) is 31.2 Å². The van der Waals surface area contributed by atoms with E-state index >= 15 is 0 Å². The SMILES string of the molecule is CC1C=CC2=C(C=C1)C(=O)N(C13CC1CC(=O)NC3=O)C2=O. The van der Waals surface area contributed by atoms with Crippen molar-refractivity contribution in [3.8, 4) is 0 Å². The van der Waals surface area contributed by atoms with E-state index in [1.165, 1.54) is 0 Å². The van der Waals surface area contributed by atoms with E-state index in [4.69, 9.17) is 0 Å². The van der Waals surface area contributed by atoms with E-state index in [0.29, 0.717) is 17.6 Å². The van der Waals surface area contributed by atoms with E-state index in [2.05, 4.69) is 5.32 Å². The van der Waals surface area contributed by atoms with E-state index in [1.807, 2.05) is 19.1 Å². The first-order valence-electron chi connectivity index (χ1n) is 7.29. The molecule has 6 nitrogen and oxygen atoms in total. The molecule has 2 aliphatic carbocycles. The highest BCUT2D eigenvalue weighted by Crippen LogP contribution is 2.54. The smallest absolute Gasteiger partial charge is 0.262 e. The van der Waals surface area contributed by atoms with Gasteiger partial charge in [0.25, 0.3) is 17.7 Å². The summed E-state index contributed by atoms with van der Waals surface area (Å²) in [5.74, 6) is -1.87. The maximum Gasteiger partial charge on any atom is 0.262 e. The molecule has 22 heavy (non-hydrogen) atoms. The summed E-state index contributed by atoms with van der Waals surface area (Å²) in [6.07, 6.45) is 7.54. The van der Waals surface area contributed by atoms with Crippen molar-refractivity contribution in [3.05, 3.63) is 35.5 Å². The van der Waals surface area contributed by atoms with Crippen molar-refractivity contribution in [2.24, 2.45) is 11.8 Å². The minimum atomic E-state index is -1.17. The fraction of sp³-hybridized carbons (Fsp3) is 0.375. The highest BCUT2D eigenvalue weighted by molar-refractivity contribution is 6.25. The van der Waals surface area contributed by atoms with Gasteiger partial charge >= 0.3 is 0 Å². The van der Waals surface area contributed by atoms with Gasteiger partial charge < -0.3 is 0 Å². The van der Waals surface area contributed by atoms with Crippen molar-refractivity contribution in [2.75, 3.05) is 0 Å². The number of piperidine rings is 1. The van der Waals surface area contributed by atoms with Crippen LogP contribution in [0.4, 0.5) is 0 Å². The molecular weight excluding hydrogens is 284 g/mol. The summed E-state index contributed by atoms with van der Waals surface area (Å²) in [5, 5.41) is 2.25. The Hall–Kier alpha value is -2.50. The van der Waals surface area contributed by atoms with Gasteiger partial charge in [0.2, 0.25) is 5.91 Å². The number of nitrogens with zero attached hydrogens (tertiary/aromatic N) is 1. The lowest BCUT2D eigenvalue weighted by Gasteiger charge is -2.29. The van der Waals surface area contributed by atoms with Crippen LogP contribution in [-0.4, -0.2) is 34.1 Å². The minimum Gasteiger partial charge on any atom is -0.294 e. The molecule has 2 aliphatic heterocycles. The molecule has 4 amide bonds. The van der Waals surface area contributed by atoms with Crippen LogP contribution in [0.2, 0.25) is 0 Å². The van der Waals surface area contributed by atoms with Crippen LogP contribution >= 0.6 is 0 Å². The molecule has 2 fully saturated rings. The third kappa shape index (κ3) is 1.49. The zero-order chi connectivity index (χ0) is 15.6. The van der Waals surface area contributed by atoms with Crippen LogP contribution in [0.1, 0.15) is 19.8 Å². The Morgan fingerprint density at radius 3 is 2.23 bits per heavy atom. The van der Waals surface area contributed by atoms with Crippen molar-refractivity contribution in [2.45, 2.75) is 25.3 Å². The van der Waals surface area contributed by atoms with Gasteiger partial charge in [0, 0.05) is 12.3 Å². The molecule has 2 atom stereocenters. The summed E-state index contributed by atoms with van der Waals surface area (Å²) in [6, 6.07) is 0. The van der Waals surface area contributed by atoms with Crippen molar-refractivity contribution in [1.82, 2.24) is 10.2 Å². The molecule has 4 aliphatic rings. The molecule has 1 N–H and O–H groups in total. The number of rotatable bonds is 1. The topological polar surface area (TPSA) is 83.6 Å². The lowest BCUT2D eigenvalue weighted by molar-refractivity contribution is -0.151. The molecule has 2 heterocycles. The second-order valence-corrected chi connectivity index (χ2v) is 6.26. The van der Waals surface area contributed by atoms with E-state index in [9.17, 15) is 19.2 Å². The van der Waals surface area contributed by atoms with Crippen molar-refractivity contribution in [3.63, 3.8) is 0 Å². The van der Waals surface area contributed by atoms with Crippen molar-refractivity contribution >= 4 is 23.6 Å². The number of amides is 4. The number of hydrogen-bond acceptors (Lipinski definition) is 4. The predicted octanol–water partition coefficient (Wildman–Crippen LogP) is 0.219. The zero-order valence-corrected chi connectivity index (χ0v) is 12.0. The Morgan fingerprint density at radius 1 is 1.09 bits per heavy atom. The third-order valence-electron chi connectivity index (χ3n) is 4.84. The lowest BCUT2D eigenvalue weighted by atomic mass is 10.0. The van der Waals surface area contributed by atoms with Crippen LogP contribution in [0, 0.1) is 11.8 Å². The molecule has 0 spiro atoms. The number of imide groups is 2. The second-order valence-electron chi connectivity index (χ2n) is 6.26. The number of carbonyl (C=O) groups excluding carboxylic acids is 4. The Bertz CT molecular complexity index is 709. The van der Waals surface area contributed by atoms with Gasteiger partial charge in [-0.25, -0.2) is 0 Å². The largest absolute Gasteiger partial charge is 0.294 e. The van der Waals surface area contributed by atoms with Crippen LogP contribution in [0.25, 0.3) is 0 Å². The molecular formula is C16H14N2O4. The highest BCUT2D eigenvalue weighted by Gasteiger charge is 2.70. The Labute approximate surface area is 126 Å². The first kappa shape index (κ1) is 13.2. The molecule has 0 aromatic rings. The number of nitrogens with one attached hydrogen (secondary N) is 1. The van der Waals surface area contributed by atoms with Gasteiger partial charge in [0.15, 0.2) is 0 Å². The average Bonchev–Trinajstić information content (AvgIpc) is 3.14. The van der Waals surface area contributed by atoms with E-state index < -0.39 is 23.3 Å². The molecule has 112 valence electrons. The molecule has 0 radical (unpaired) electrons. The number of hydrogen-bond donors (Lipinski definition) is 1. The second kappa shape index (κ2) is 4.03. The molecule has 0 aromatic heterocycles. The van der Waals surface area contributed by atoms with E-state index in [0.717, 1.165) is 4.90 Å². The van der Waals surface area contributed by atoms with Crippen LogP contribution in [-0.2, 0) is 19.2 Å². The quantitative estimate of drug-likeness (QED) is 0.702. The van der Waals surface area contributed by atoms with Crippen LogP contribution < -0.4 is 5.32 Å². The lowest BCUT2D eigenvalue weighted by Crippen LogP contribution is -2.57. The maximum atomic E-state index is 12.7. The highest BCUT2D eigenvalue weighted by atomic mass is 16.2. The molecule has 6 heteroatoms. The summed E-state index contributed by atoms with van der Waals surface area (Å²) in [4.78, 5) is 50.0. The molecule has 2 unspecified atom stereocenters. The van der Waals surface area contributed by atoms with Crippen molar-refractivity contribution in [1.29, 1.82) is 0 Å². The van der Waals surface area contributed by atoms with Gasteiger partial charge in [0.05, 0.1) is 11.1 Å². The summed E-state index contributed by atoms with van der Waals surface area (Å²) >= 11 is 0. The van der Waals surface area contributed by atoms with Gasteiger partial charge in [-0.05, 0) is 12.3 Å². The standard InChI is InChI=1S/C16H14N2O4/c1-8-2-4-10-11(5-3-8)14(21)18(13(10)20)16-7-9(16)6-12(19)17-15(16)22/h2-5,8-9H,6-7H2,1H3,(H,17,19,22). The third-order valence-corrected chi connectivity index (χ3v) is 4.84. The van der Waals surface area contributed by atoms with Crippen LogP contribution in [0.5, 0.6) is 0 Å². The van der Waals surface area contributed by atoms with Gasteiger partial charge in [-0.2, -0.15) is 0 Å². The predicted molar refractivity (Wildman–Crippen MR) is 74.9 cm³/mol. The monoisotopic (exact) mass is 298 g/mol. The average molecular weight is 298 g/mol. The summed E-state index contributed by atoms with van der Waals surface area (Å²) < 4.78 is 0. The van der Waals surface area contributed by atoms with Crippen LogP contribution in [0.3, 0.4) is 0 Å². The number of fused-ring (bicyclic) bond motifs is 1. The summed E-state index contributed by atoms with van der Waals surface area (Å²) in [5.41, 5.74) is -0.507. The minimum absolute atomic E-state index is 0.141. The Kier molecular flexibility index (Phi) is 2.41. The molecule has 1 saturated heterocycles. The van der Waals surface area contributed by atoms with Crippen LogP contribution in [0.15, 0.2) is 35.5 Å². The summed E-state index contributed by atoms with van der Waals surface area (Å²) in [7, 11) is 0. The fourth-order valence-electron chi connectivity index (χ4n) is 3.53. The normalized spacial score (nSPS) is 33.9. The fourth-order valence-corrected chi connectivity index (χ4v) is 3.53. The first-order chi connectivity index (χ1) is 10.4. The molecule has 0 bridgehead atoms. The molecule has 0 aromatic carbocycles. The first-order valence-corrected chi connectivity index (χ1v) is 7.29. The van der Waals surface area contributed by atoms with E-state index in [-0.39, 0.29) is 24.2 Å². The van der Waals surface area contributed by atoms with E-state index in [1.54, 1.807) is 12.2 Å². The Morgan fingerprint density at radius 2 is 1.68 bits per heavy atom.